The molecule has 3 heterocycles. The van der Waals surface area contributed by atoms with Gasteiger partial charge in [-0.15, -0.1) is 0 Å². The van der Waals surface area contributed by atoms with Crippen molar-refractivity contribution >= 4 is 5.91 Å². The highest BCUT2D eigenvalue weighted by molar-refractivity contribution is 5.94. The van der Waals surface area contributed by atoms with Gasteiger partial charge >= 0.3 is 0 Å². The van der Waals surface area contributed by atoms with Crippen molar-refractivity contribution in [3.8, 4) is 11.1 Å². The number of halogens is 1. The lowest BCUT2D eigenvalue weighted by Gasteiger charge is -2.33. The molecule has 142 valence electrons. The van der Waals surface area contributed by atoms with Crippen LogP contribution in [0.5, 0.6) is 0 Å². The van der Waals surface area contributed by atoms with Crippen LogP contribution in [0.2, 0.25) is 0 Å². The van der Waals surface area contributed by atoms with Gasteiger partial charge in [0.2, 0.25) is 0 Å². The second kappa shape index (κ2) is 7.84. The summed E-state index contributed by atoms with van der Waals surface area (Å²) in [7, 11) is 0. The molecule has 1 aromatic carbocycles. The first kappa shape index (κ1) is 18.2. The van der Waals surface area contributed by atoms with E-state index in [4.69, 9.17) is 4.98 Å². The van der Waals surface area contributed by atoms with Gasteiger partial charge in [-0.1, -0.05) is 12.1 Å². The summed E-state index contributed by atoms with van der Waals surface area (Å²) < 4.78 is 14.1. The quantitative estimate of drug-likeness (QED) is 0.693. The molecule has 0 spiro atoms. The van der Waals surface area contributed by atoms with Crippen molar-refractivity contribution in [2.45, 2.75) is 25.7 Å². The maximum Gasteiger partial charge on any atom is 0.256 e. The Morgan fingerprint density at radius 1 is 1.18 bits per heavy atom. The minimum Gasteiger partial charge on any atom is -0.338 e. The number of carbonyl (C=O) groups is 1. The Bertz CT molecular complexity index is 993. The van der Waals surface area contributed by atoms with Crippen molar-refractivity contribution in [3.63, 3.8) is 0 Å². The second-order valence-electron chi connectivity index (χ2n) is 7.02. The molecule has 28 heavy (non-hydrogen) atoms. The monoisotopic (exact) mass is 376 g/mol. The molecule has 6 heteroatoms. The Morgan fingerprint density at radius 3 is 2.75 bits per heavy atom. The summed E-state index contributed by atoms with van der Waals surface area (Å²) >= 11 is 0. The summed E-state index contributed by atoms with van der Waals surface area (Å²) in [6, 6.07) is 10.0. The van der Waals surface area contributed by atoms with E-state index in [0.29, 0.717) is 18.9 Å². The van der Waals surface area contributed by atoms with E-state index >= 15 is 0 Å². The van der Waals surface area contributed by atoms with Crippen LogP contribution in [-0.4, -0.2) is 38.8 Å². The standard InChI is InChI=1S/C22H21FN4O/c1-15-25-13-19(16-8-10-24-11-9-16)21(26-15)17-5-4-12-27(14-17)22(28)18-6-2-3-7-20(18)23/h2-3,6-11,13,17H,4-5,12,14H2,1H3. The fourth-order valence-electron chi connectivity index (χ4n) is 3.74. The number of rotatable bonds is 3. The predicted octanol–water partition coefficient (Wildman–Crippen LogP) is 4.01. The van der Waals surface area contributed by atoms with Crippen LogP contribution in [0, 0.1) is 12.7 Å². The second-order valence-corrected chi connectivity index (χ2v) is 7.02. The van der Waals surface area contributed by atoms with E-state index in [0.717, 1.165) is 29.7 Å². The van der Waals surface area contributed by atoms with Crippen molar-refractivity contribution < 1.29 is 9.18 Å². The molecule has 1 aliphatic rings. The summed E-state index contributed by atoms with van der Waals surface area (Å²) in [5.74, 6) is 0.0312. The molecule has 0 saturated carbocycles. The number of benzene rings is 1. The molecule has 0 radical (unpaired) electrons. The van der Waals surface area contributed by atoms with Crippen LogP contribution in [0.1, 0.15) is 40.6 Å². The minimum atomic E-state index is -0.482. The molecule has 1 fully saturated rings. The van der Waals surface area contributed by atoms with Gasteiger partial charge in [0.05, 0.1) is 11.3 Å². The fraction of sp³-hybridized carbons (Fsp3) is 0.273. The highest BCUT2D eigenvalue weighted by Gasteiger charge is 2.29. The lowest BCUT2D eigenvalue weighted by molar-refractivity contribution is 0.0701. The van der Waals surface area contributed by atoms with Crippen LogP contribution >= 0.6 is 0 Å². The normalized spacial score (nSPS) is 16.8. The molecule has 1 atom stereocenters. The summed E-state index contributed by atoms with van der Waals surface area (Å²) in [4.78, 5) is 27.8. The number of nitrogens with zero attached hydrogens (tertiary/aromatic N) is 4. The number of carbonyl (C=O) groups excluding carboxylic acids is 1. The van der Waals surface area contributed by atoms with Gasteiger partial charge in [0, 0.05) is 43.2 Å². The SMILES string of the molecule is Cc1ncc(-c2ccncc2)c(C2CCCN(C(=O)c3ccccc3F)C2)n1. The Kier molecular flexibility index (Phi) is 5.10. The van der Waals surface area contributed by atoms with Crippen LogP contribution in [0.15, 0.2) is 55.0 Å². The number of hydrogen-bond donors (Lipinski definition) is 0. The highest BCUT2D eigenvalue weighted by atomic mass is 19.1. The van der Waals surface area contributed by atoms with Crippen molar-refractivity contribution in [1.82, 2.24) is 19.9 Å². The molecule has 5 nitrogen and oxygen atoms in total. The van der Waals surface area contributed by atoms with E-state index in [1.807, 2.05) is 25.3 Å². The average Bonchev–Trinajstić information content (AvgIpc) is 2.74. The first-order valence-corrected chi connectivity index (χ1v) is 9.41. The highest BCUT2D eigenvalue weighted by Crippen LogP contribution is 2.33. The van der Waals surface area contributed by atoms with Gasteiger partial charge in [0.25, 0.3) is 5.91 Å². The maximum atomic E-state index is 14.1. The third-order valence-corrected chi connectivity index (χ3v) is 5.13. The van der Waals surface area contributed by atoms with Crippen LogP contribution in [0.3, 0.4) is 0 Å². The van der Waals surface area contributed by atoms with Gasteiger partial charge in [-0.25, -0.2) is 14.4 Å². The number of pyridine rings is 1. The van der Waals surface area contributed by atoms with Gasteiger partial charge in [-0.3, -0.25) is 9.78 Å². The molecule has 4 rings (SSSR count). The van der Waals surface area contributed by atoms with Gasteiger partial charge in [0.15, 0.2) is 0 Å². The van der Waals surface area contributed by atoms with Gasteiger partial charge in [-0.2, -0.15) is 0 Å². The van der Waals surface area contributed by atoms with Crippen LogP contribution in [0.4, 0.5) is 4.39 Å². The fourth-order valence-corrected chi connectivity index (χ4v) is 3.74. The van der Waals surface area contributed by atoms with Gasteiger partial charge < -0.3 is 4.90 Å². The van der Waals surface area contributed by atoms with Gasteiger partial charge in [-0.05, 0) is 49.6 Å². The molecule has 1 amide bonds. The van der Waals surface area contributed by atoms with E-state index in [2.05, 4.69) is 9.97 Å². The topological polar surface area (TPSA) is 59.0 Å². The Labute approximate surface area is 163 Å². The zero-order valence-corrected chi connectivity index (χ0v) is 15.7. The number of piperidine rings is 1. The number of likely N-dealkylation sites (tertiary alicyclic amines) is 1. The van der Waals surface area contributed by atoms with Crippen LogP contribution in [0.25, 0.3) is 11.1 Å². The molecule has 0 aliphatic carbocycles. The predicted molar refractivity (Wildman–Crippen MR) is 104 cm³/mol. The van der Waals surface area contributed by atoms with E-state index in [-0.39, 0.29) is 17.4 Å². The van der Waals surface area contributed by atoms with Crippen LogP contribution < -0.4 is 0 Å². The van der Waals surface area contributed by atoms with E-state index in [1.54, 1.807) is 35.5 Å². The van der Waals surface area contributed by atoms with Crippen molar-refractivity contribution in [2.24, 2.45) is 0 Å². The van der Waals surface area contributed by atoms with Crippen molar-refractivity contribution in [3.05, 3.63) is 77.9 Å². The number of aromatic nitrogens is 3. The molecular weight excluding hydrogens is 355 g/mol. The third-order valence-electron chi connectivity index (χ3n) is 5.13. The first-order valence-electron chi connectivity index (χ1n) is 9.41. The number of aryl methyl sites for hydroxylation is 1. The minimum absolute atomic E-state index is 0.0781. The summed E-state index contributed by atoms with van der Waals surface area (Å²) in [6.07, 6.45) is 7.10. The molecule has 1 aliphatic heterocycles. The molecule has 0 N–H and O–H groups in total. The molecule has 3 aromatic rings. The van der Waals surface area contributed by atoms with E-state index < -0.39 is 5.82 Å². The molecular formula is C22H21FN4O. The molecule has 0 bridgehead atoms. The Hall–Kier alpha value is -3.15. The first-order chi connectivity index (χ1) is 13.6. The summed E-state index contributed by atoms with van der Waals surface area (Å²) in [6.45, 7) is 3.00. The summed E-state index contributed by atoms with van der Waals surface area (Å²) in [5.41, 5.74) is 3.02. The number of amides is 1. The largest absolute Gasteiger partial charge is 0.338 e. The van der Waals surface area contributed by atoms with E-state index in [1.165, 1.54) is 6.07 Å². The average molecular weight is 376 g/mol. The molecule has 2 aromatic heterocycles. The molecule has 1 saturated heterocycles. The third kappa shape index (κ3) is 3.63. The Morgan fingerprint density at radius 2 is 1.96 bits per heavy atom. The maximum absolute atomic E-state index is 14.1. The van der Waals surface area contributed by atoms with E-state index in [9.17, 15) is 9.18 Å². The van der Waals surface area contributed by atoms with Gasteiger partial charge in [0.1, 0.15) is 11.6 Å². The zero-order chi connectivity index (χ0) is 19.5. The van der Waals surface area contributed by atoms with Crippen molar-refractivity contribution in [2.75, 3.05) is 13.1 Å². The van der Waals surface area contributed by atoms with Crippen LogP contribution in [-0.2, 0) is 0 Å². The lowest BCUT2D eigenvalue weighted by Crippen LogP contribution is -2.39. The smallest absolute Gasteiger partial charge is 0.256 e. The Balaban J connectivity index is 1.65. The zero-order valence-electron chi connectivity index (χ0n) is 15.7. The molecule has 1 unspecified atom stereocenters. The summed E-state index contributed by atoms with van der Waals surface area (Å²) in [5, 5.41) is 0. The lowest BCUT2D eigenvalue weighted by atomic mass is 9.89. The van der Waals surface area contributed by atoms with Crippen molar-refractivity contribution in [1.29, 1.82) is 0 Å². The number of hydrogen-bond acceptors (Lipinski definition) is 4.